The molecule has 0 unspecified atom stereocenters. The van der Waals surface area contributed by atoms with Gasteiger partial charge in [-0.3, -0.25) is 0 Å². The zero-order chi connectivity index (χ0) is 14.2. The zero-order valence-electron chi connectivity index (χ0n) is 12.0. The highest BCUT2D eigenvalue weighted by Gasteiger charge is 2.39. The standard InChI is InChI=1S/C18H20N2S/c21-18(20-17-11-12-8-9-14(17)10-12)19-16-7-3-5-13-4-1-2-6-15(13)16/h1-7,12,14,17H,8-11H2,(H2,19,20,21)/t12-,14-,17-/m1/s1. The van der Waals surface area contributed by atoms with Gasteiger partial charge in [-0.1, -0.05) is 42.8 Å². The molecule has 0 aromatic heterocycles. The molecule has 2 saturated carbocycles. The maximum Gasteiger partial charge on any atom is 0.171 e. The van der Waals surface area contributed by atoms with E-state index in [0.717, 1.165) is 22.6 Å². The molecular weight excluding hydrogens is 276 g/mol. The van der Waals surface area contributed by atoms with E-state index in [0.29, 0.717) is 6.04 Å². The van der Waals surface area contributed by atoms with Crippen molar-refractivity contribution in [3.8, 4) is 0 Å². The summed E-state index contributed by atoms with van der Waals surface area (Å²) in [5.41, 5.74) is 1.09. The van der Waals surface area contributed by atoms with Crippen molar-refractivity contribution in [2.45, 2.75) is 31.7 Å². The molecule has 0 amide bonds. The lowest BCUT2D eigenvalue weighted by Crippen LogP contribution is -2.40. The number of hydrogen-bond acceptors (Lipinski definition) is 1. The zero-order valence-corrected chi connectivity index (χ0v) is 12.8. The Labute approximate surface area is 130 Å². The molecule has 2 aliphatic rings. The maximum absolute atomic E-state index is 5.53. The summed E-state index contributed by atoms with van der Waals surface area (Å²) in [6.07, 6.45) is 5.49. The van der Waals surface area contributed by atoms with Gasteiger partial charge in [0, 0.05) is 17.1 Å². The molecule has 2 aromatic rings. The summed E-state index contributed by atoms with van der Waals surface area (Å²) in [7, 11) is 0. The average molecular weight is 296 g/mol. The molecule has 2 aliphatic carbocycles. The summed E-state index contributed by atoms with van der Waals surface area (Å²) in [4.78, 5) is 0. The van der Waals surface area contributed by atoms with Crippen LogP contribution in [0.4, 0.5) is 5.69 Å². The minimum absolute atomic E-state index is 0.582. The highest BCUT2D eigenvalue weighted by atomic mass is 32.1. The van der Waals surface area contributed by atoms with Crippen molar-refractivity contribution < 1.29 is 0 Å². The highest BCUT2D eigenvalue weighted by Crippen LogP contribution is 2.44. The van der Waals surface area contributed by atoms with E-state index in [1.807, 2.05) is 0 Å². The second-order valence-electron chi connectivity index (χ2n) is 6.41. The van der Waals surface area contributed by atoms with E-state index in [4.69, 9.17) is 12.2 Å². The quantitative estimate of drug-likeness (QED) is 0.807. The van der Waals surface area contributed by atoms with Gasteiger partial charge in [0.2, 0.25) is 0 Å². The van der Waals surface area contributed by atoms with Crippen molar-refractivity contribution >= 4 is 33.8 Å². The number of benzene rings is 2. The molecule has 0 saturated heterocycles. The molecule has 0 spiro atoms. The van der Waals surface area contributed by atoms with E-state index in [1.54, 1.807) is 0 Å². The first-order valence-corrected chi connectivity index (χ1v) is 8.26. The van der Waals surface area contributed by atoms with Gasteiger partial charge in [0.15, 0.2) is 5.11 Å². The lowest BCUT2D eigenvalue weighted by molar-refractivity contribution is 0.392. The molecule has 4 rings (SSSR count). The number of fused-ring (bicyclic) bond motifs is 3. The third-order valence-corrected chi connectivity index (χ3v) is 5.31. The van der Waals surface area contributed by atoms with Crippen LogP contribution in [-0.2, 0) is 0 Å². The molecule has 2 aromatic carbocycles. The molecule has 2 bridgehead atoms. The summed E-state index contributed by atoms with van der Waals surface area (Å²) in [6, 6.07) is 15.3. The first-order chi connectivity index (χ1) is 10.3. The van der Waals surface area contributed by atoms with Gasteiger partial charge in [-0.2, -0.15) is 0 Å². The Morgan fingerprint density at radius 3 is 2.67 bits per heavy atom. The largest absolute Gasteiger partial charge is 0.359 e. The van der Waals surface area contributed by atoms with E-state index in [1.165, 1.54) is 36.5 Å². The first-order valence-electron chi connectivity index (χ1n) is 7.85. The predicted molar refractivity (Wildman–Crippen MR) is 92.5 cm³/mol. The summed E-state index contributed by atoms with van der Waals surface area (Å²) in [6.45, 7) is 0. The second-order valence-corrected chi connectivity index (χ2v) is 6.81. The van der Waals surface area contributed by atoms with Crippen molar-refractivity contribution in [2.24, 2.45) is 11.8 Å². The Balaban J connectivity index is 1.48. The van der Waals surface area contributed by atoms with Gasteiger partial charge in [-0.05, 0) is 54.8 Å². The van der Waals surface area contributed by atoms with Crippen molar-refractivity contribution in [3.05, 3.63) is 42.5 Å². The van der Waals surface area contributed by atoms with Gasteiger partial charge in [0.05, 0.1) is 0 Å². The molecule has 2 fully saturated rings. The summed E-state index contributed by atoms with van der Waals surface area (Å²) in [5, 5.41) is 10.2. The average Bonchev–Trinajstić information content (AvgIpc) is 3.10. The van der Waals surface area contributed by atoms with Crippen LogP contribution in [0.1, 0.15) is 25.7 Å². The summed E-state index contributed by atoms with van der Waals surface area (Å²) < 4.78 is 0. The number of rotatable bonds is 2. The third-order valence-electron chi connectivity index (χ3n) is 5.09. The SMILES string of the molecule is S=C(Nc1cccc2ccccc12)N[C@@H]1C[C@@H]2CC[C@@H]1C2. The minimum Gasteiger partial charge on any atom is -0.359 e. The molecule has 3 atom stereocenters. The van der Waals surface area contributed by atoms with Crippen LogP contribution in [0, 0.1) is 11.8 Å². The van der Waals surface area contributed by atoms with Crippen LogP contribution in [0.3, 0.4) is 0 Å². The molecule has 2 N–H and O–H groups in total. The van der Waals surface area contributed by atoms with Gasteiger partial charge >= 0.3 is 0 Å². The van der Waals surface area contributed by atoms with Crippen molar-refractivity contribution in [1.29, 1.82) is 0 Å². The molecular formula is C18H20N2S. The maximum atomic E-state index is 5.53. The van der Waals surface area contributed by atoms with Crippen molar-refractivity contribution in [2.75, 3.05) is 5.32 Å². The number of nitrogens with one attached hydrogen (secondary N) is 2. The Morgan fingerprint density at radius 1 is 1.00 bits per heavy atom. The van der Waals surface area contributed by atoms with Crippen molar-refractivity contribution in [3.63, 3.8) is 0 Å². The normalized spacial score (nSPS) is 27.0. The Morgan fingerprint density at radius 2 is 1.86 bits per heavy atom. The molecule has 2 nitrogen and oxygen atoms in total. The molecule has 0 heterocycles. The molecule has 0 radical (unpaired) electrons. The van der Waals surface area contributed by atoms with Crippen LogP contribution in [0.25, 0.3) is 10.8 Å². The highest BCUT2D eigenvalue weighted by molar-refractivity contribution is 7.80. The fourth-order valence-electron chi connectivity index (χ4n) is 4.08. The Bertz CT molecular complexity index is 676. The lowest BCUT2D eigenvalue weighted by atomic mass is 9.95. The van der Waals surface area contributed by atoms with Gasteiger partial charge in [0.1, 0.15) is 0 Å². The van der Waals surface area contributed by atoms with Gasteiger partial charge in [-0.15, -0.1) is 0 Å². The molecule has 3 heteroatoms. The van der Waals surface area contributed by atoms with Crippen LogP contribution in [-0.4, -0.2) is 11.2 Å². The lowest BCUT2D eigenvalue weighted by Gasteiger charge is -2.24. The minimum atomic E-state index is 0.582. The van der Waals surface area contributed by atoms with Crippen molar-refractivity contribution in [1.82, 2.24) is 5.32 Å². The van der Waals surface area contributed by atoms with Crippen LogP contribution in [0.2, 0.25) is 0 Å². The van der Waals surface area contributed by atoms with Gasteiger partial charge in [-0.25, -0.2) is 0 Å². The number of thiocarbonyl (C=S) groups is 1. The van der Waals surface area contributed by atoms with E-state index in [-0.39, 0.29) is 0 Å². The fraction of sp³-hybridized carbons (Fsp3) is 0.389. The summed E-state index contributed by atoms with van der Waals surface area (Å²) >= 11 is 5.53. The number of hydrogen-bond donors (Lipinski definition) is 2. The van der Waals surface area contributed by atoms with E-state index in [2.05, 4.69) is 53.1 Å². The topological polar surface area (TPSA) is 24.1 Å². The molecule has 21 heavy (non-hydrogen) atoms. The third kappa shape index (κ3) is 2.51. The fourth-order valence-corrected chi connectivity index (χ4v) is 4.34. The van der Waals surface area contributed by atoms with Crippen LogP contribution in [0.5, 0.6) is 0 Å². The Kier molecular flexibility index (Phi) is 3.30. The van der Waals surface area contributed by atoms with Crippen LogP contribution >= 0.6 is 12.2 Å². The predicted octanol–water partition coefficient (Wildman–Crippen LogP) is 4.31. The van der Waals surface area contributed by atoms with E-state index < -0.39 is 0 Å². The molecule has 108 valence electrons. The van der Waals surface area contributed by atoms with Crippen LogP contribution in [0.15, 0.2) is 42.5 Å². The number of anilines is 1. The summed E-state index contributed by atoms with van der Waals surface area (Å²) in [5.74, 6) is 1.77. The first kappa shape index (κ1) is 13.1. The van der Waals surface area contributed by atoms with E-state index in [9.17, 15) is 0 Å². The second kappa shape index (κ2) is 5.30. The smallest absolute Gasteiger partial charge is 0.171 e. The Hall–Kier alpha value is -1.61. The van der Waals surface area contributed by atoms with Gasteiger partial charge < -0.3 is 10.6 Å². The van der Waals surface area contributed by atoms with E-state index >= 15 is 0 Å². The monoisotopic (exact) mass is 296 g/mol. The van der Waals surface area contributed by atoms with Crippen LogP contribution < -0.4 is 10.6 Å². The molecule has 0 aliphatic heterocycles. The van der Waals surface area contributed by atoms with Gasteiger partial charge in [0.25, 0.3) is 0 Å².